The van der Waals surface area contributed by atoms with E-state index < -0.39 is 45.6 Å². The molecule has 0 aromatic rings. The van der Waals surface area contributed by atoms with Crippen molar-refractivity contribution in [1.29, 1.82) is 0 Å². The van der Waals surface area contributed by atoms with Crippen molar-refractivity contribution < 1.29 is 29.6 Å². The largest absolute Gasteiger partial charge is 0.455 e. The van der Waals surface area contributed by atoms with Gasteiger partial charge < -0.3 is 20.1 Å². The predicted octanol–water partition coefficient (Wildman–Crippen LogP) is 0.950. The van der Waals surface area contributed by atoms with E-state index in [9.17, 15) is 24.9 Å². The van der Waals surface area contributed by atoms with Gasteiger partial charge in [0.1, 0.15) is 11.4 Å². The maximum atomic E-state index is 13.4. The van der Waals surface area contributed by atoms with Crippen molar-refractivity contribution in [2.75, 3.05) is 0 Å². The molecule has 0 aromatic heterocycles. The Hall–Kier alpha value is -0.980. The molecule has 0 unspecified atom stereocenters. The summed E-state index contributed by atoms with van der Waals surface area (Å²) in [5.41, 5.74) is -5.06. The molecule has 26 heavy (non-hydrogen) atoms. The van der Waals surface area contributed by atoms with Crippen LogP contribution in [0.1, 0.15) is 59.3 Å². The number of hydrogen-bond acceptors (Lipinski definition) is 6. The van der Waals surface area contributed by atoms with Gasteiger partial charge in [0.05, 0.1) is 28.6 Å². The Morgan fingerprint density at radius 3 is 2.46 bits per heavy atom. The second kappa shape index (κ2) is 4.36. The highest BCUT2D eigenvalue weighted by Gasteiger charge is 2.85. The lowest BCUT2D eigenvalue weighted by Gasteiger charge is -2.66. The Kier molecular flexibility index (Phi) is 2.88. The minimum Gasteiger partial charge on any atom is -0.455 e. The molecule has 3 N–H and O–H groups in total. The number of carbonyl (C=O) groups excluding carboxylic acids is 2. The fourth-order valence-electron chi connectivity index (χ4n) is 7.92. The number of esters is 1. The molecule has 5 fully saturated rings. The van der Waals surface area contributed by atoms with Gasteiger partial charge in [-0.05, 0) is 45.4 Å². The second-order valence-corrected chi connectivity index (χ2v) is 10.1. The van der Waals surface area contributed by atoms with Crippen molar-refractivity contribution in [3.05, 3.63) is 0 Å². The minimum absolute atomic E-state index is 0.136. The van der Waals surface area contributed by atoms with E-state index in [-0.39, 0.29) is 30.5 Å². The van der Waals surface area contributed by atoms with E-state index in [1.807, 2.05) is 13.8 Å². The molecule has 1 spiro atoms. The molecule has 4 aliphatic carbocycles. The van der Waals surface area contributed by atoms with E-state index in [1.165, 1.54) is 0 Å². The van der Waals surface area contributed by atoms with Crippen LogP contribution in [0.4, 0.5) is 0 Å². The molecule has 5 rings (SSSR count). The summed E-state index contributed by atoms with van der Waals surface area (Å²) in [7, 11) is 0. The number of fused-ring (bicyclic) bond motifs is 1. The van der Waals surface area contributed by atoms with Gasteiger partial charge in [-0.1, -0.05) is 13.8 Å². The number of ether oxygens (including phenoxy) is 1. The third-order valence-electron chi connectivity index (χ3n) is 9.60. The number of carbonyl (C=O) groups is 2. The van der Waals surface area contributed by atoms with Crippen LogP contribution in [-0.4, -0.2) is 50.5 Å². The molecule has 1 saturated heterocycles. The van der Waals surface area contributed by atoms with E-state index in [0.29, 0.717) is 25.7 Å². The lowest BCUT2D eigenvalue weighted by molar-refractivity contribution is -0.287. The smallest absolute Gasteiger partial charge is 0.312 e. The van der Waals surface area contributed by atoms with Crippen LogP contribution in [0.5, 0.6) is 0 Å². The summed E-state index contributed by atoms with van der Waals surface area (Å²) in [6.07, 6.45) is 0.507. The van der Waals surface area contributed by atoms with Crippen molar-refractivity contribution >= 4 is 11.8 Å². The lowest BCUT2D eigenvalue weighted by atomic mass is 9.38. The second-order valence-electron chi connectivity index (χ2n) is 10.1. The van der Waals surface area contributed by atoms with Crippen LogP contribution in [0, 0.1) is 28.1 Å². The van der Waals surface area contributed by atoms with Crippen LogP contribution in [0.15, 0.2) is 0 Å². The summed E-state index contributed by atoms with van der Waals surface area (Å²) < 4.78 is 6.04. The highest BCUT2D eigenvalue weighted by molar-refractivity contribution is 5.93. The zero-order valence-corrected chi connectivity index (χ0v) is 15.6. The minimum atomic E-state index is -1.17. The Labute approximate surface area is 152 Å². The van der Waals surface area contributed by atoms with E-state index in [0.717, 1.165) is 0 Å². The number of hydrogen-bond donors (Lipinski definition) is 3. The van der Waals surface area contributed by atoms with Crippen LogP contribution >= 0.6 is 0 Å². The summed E-state index contributed by atoms with van der Waals surface area (Å²) in [5, 5.41) is 33.4. The van der Waals surface area contributed by atoms with Crippen molar-refractivity contribution in [2.24, 2.45) is 28.1 Å². The topological polar surface area (TPSA) is 104 Å². The average Bonchev–Trinajstić information content (AvgIpc) is 2.87. The molecule has 4 saturated carbocycles. The summed E-state index contributed by atoms with van der Waals surface area (Å²) >= 11 is 0. The first-order valence-electron chi connectivity index (χ1n) is 9.86. The van der Waals surface area contributed by atoms with Gasteiger partial charge in [0, 0.05) is 17.3 Å². The molecule has 6 nitrogen and oxygen atoms in total. The maximum Gasteiger partial charge on any atom is 0.312 e. The fourth-order valence-corrected chi connectivity index (χ4v) is 7.92. The Morgan fingerprint density at radius 2 is 1.77 bits per heavy atom. The van der Waals surface area contributed by atoms with Gasteiger partial charge in [-0.2, -0.15) is 0 Å². The monoisotopic (exact) mass is 364 g/mol. The summed E-state index contributed by atoms with van der Waals surface area (Å²) in [6.45, 7) is 5.52. The Balaban J connectivity index is 1.78. The van der Waals surface area contributed by atoms with E-state index in [1.54, 1.807) is 6.92 Å². The molecule has 1 aliphatic heterocycles. The predicted molar refractivity (Wildman–Crippen MR) is 89.8 cm³/mol. The quantitative estimate of drug-likeness (QED) is 0.553. The number of ketones is 1. The Morgan fingerprint density at radius 1 is 1.08 bits per heavy atom. The van der Waals surface area contributed by atoms with E-state index in [2.05, 4.69) is 0 Å². The van der Waals surface area contributed by atoms with Gasteiger partial charge in [0.15, 0.2) is 0 Å². The average molecular weight is 364 g/mol. The van der Waals surface area contributed by atoms with Gasteiger partial charge in [-0.15, -0.1) is 0 Å². The van der Waals surface area contributed by atoms with Crippen LogP contribution in [0.3, 0.4) is 0 Å². The number of Topliss-reactive ketones (excluding diaryl/α,β-unsaturated/α-hetero) is 1. The molecule has 144 valence electrons. The number of aliphatic hydroxyl groups excluding tert-OH is 2. The number of rotatable bonds is 0. The summed E-state index contributed by atoms with van der Waals surface area (Å²) in [4.78, 5) is 26.3. The van der Waals surface area contributed by atoms with Crippen molar-refractivity contribution in [3.63, 3.8) is 0 Å². The zero-order chi connectivity index (χ0) is 18.9. The normalized spacial score (nSPS) is 63.3. The molecular weight excluding hydrogens is 336 g/mol. The first kappa shape index (κ1) is 17.1. The molecule has 6 heteroatoms. The van der Waals surface area contributed by atoms with Gasteiger partial charge in [0.2, 0.25) is 0 Å². The van der Waals surface area contributed by atoms with E-state index in [4.69, 9.17) is 4.74 Å². The van der Waals surface area contributed by atoms with Crippen molar-refractivity contribution in [3.8, 4) is 0 Å². The highest BCUT2D eigenvalue weighted by atomic mass is 16.6. The first-order valence-corrected chi connectivity index (χ1v) is 9.86. The van der Waals surface area contributed by atoms with E-state index >= 15 is 0 Å². The SMILES string of the molecule is C[C@H]1C(=O)[C@]23C[C@@]1(O)CC[C@]2(C)[C@]12OC(=O)[C@](C)(CC[C@@H]1O)[C@H]2C[C@@H]3O. The molecule has 0 amide bonds. The third-order valence-corrected chi connectivity index (χ3v) is 9.60. The fraction of sp³-hybridized carbons (Fsp3) is 0.900. The highest BCUT2D eigenvalue weighted by Crippen LogP contribution is 2.77. The van der Waals surface area contributed by atoms with Gasteiger partial charge in [-0.25, -0.2) is 0 Å². The first-order chi connectivity index (χ1) is 12.0. The van der Waals surface area contributed by atoms with Gasteiger partial charge in [0.25, 0.3) is 0 Å². The molecule has 0 aromatic carbocycles. The lowest BCUT2D eigenvalue weighted by Crippen LogP contribution is -2.75. The van der Waals surface area contributed by atoms with Crippen molar-refractivity contribution in [2.45, 2.75) is 82.7 Å². The molecule has 5 aliphatic rings. The number of aliphatic hydroxyl groups is 3. The molecular formula is C20H28O6. The van der Waals surface area contributed by atoms with Crippen LogP contribution < -0.4 is 0 Å². The molecule has 1 heterocycles. The standard InChI is InChI=1S/C20H28O6/c1-10-14(23)19-9-18(10,25)7-6-17(19,3)20-11(8-13(19)22)16(2,15(24)26-20)5-4-12(20)21/h10-13,21-22,25H,4-9H2,1-3H3/t10-,11+,12-,13-,16+,17-,18-,19+,20+/m0/s1. The zero-order valence-electron chi connectivity index (χ0n) is 15.6. The van der Waals surface area contributed by atoms with Crippen LogP contribution in [0.25, 0.3) is 0 Å². The van der Waals surface area contributed by atoms with Crippen molar-refractivity contribution in [1.82, 2.24) is 0 Å². The molecule has 4 bridgehead atoms. The van der Waals surface area contributed by atoms with Gasteiger partial charge in [-0.3, -0.25) is 9.59 Å². The Bertz CT molecular complexity index is 736. The van der Waals surface area contributed by atoms with Gasteiger partial charge >= 0.3 is 5.97 Å². The summed E-state index contributed by atoms with van der Waals surface area (Å²) in [5.74, 6) is -1.32. The van der Waals surface area contributed by atoms with Crippen LogP contribution in [-0.2, 0) is 14.3 Å². The van der Waals surface area contributed by atoms with Crippen LogP contribution in [0.2, 0.25) is 0 Å². The molecule has 0 radical (unpaired) electrons. The maximum absolute atomic E-state index is 13.4. The third kappa shape index (κ3) is 1.35. The molecule has 9 atom stereocenters. The summed E-state index contributed by atoms with van der Waals surface area (Å²) in [6, 6.07) is 0.